The minimum atomic E-state index is -0.874. The molecule has 26 heavy (non-hydrogen) atoms. The van der Waals surface area contributed by atoms with Crippen molar-refractivity contribution in [2.24, 2.45) is 5.73 Å². The van der Waals surface area contributed by atoms with Crippen LogP contribution in [0.4, 0.5) is 5.69 Å². The molecule has 1 unspecified atom stereocenters. The molecule has 1 aromatic rings. The van der Waals surface area contributed by atoms with Crippen LogP contribution < -0.4 is 11.1 Å². The fourth-order valence-corrected chi connectivity index (χ4v) is 1.74. The fraction of sp³-hybridized carbons (Fsp3) is 0.500. The Labute approximate surface area is 153 Å². The Kier molecular flexibility index (Phi) is 10.7. The summed E-state index contributed by atoms with van der Waals surface area (Å²) in [6.45, 7) is 8.71. The van der Waals surface area contributed by atoms with E-state index in [1.807, 2.05) is 32.0 Å². The van der Waals surface area contributed by atoms with E-state index in [4.69, 9.17) is 10.8 Å². The third kappa shape index (κ3) is 9.03. The van der Waals surface area contributed by atoms with Crippen LogP contribution in [-0.4, -0.2) is 48.3 Å². The van der Waals surface area contributed by atoms with E-state index in [1.165, 1.54) is 6.92 Å². The summed E-state index contributed by atoms with van der Waals surface area (Å²) in [7, 11) is 0. The van der Waals surface area contributed by atoms with Gasteiger partial charge in [-0.3, -0.25) is 9.59 Å². The summed E-state index contributed by atoms with van der Waals surface area (Å²) in [5.41, 5.74) is 8.04. The first kappa shape index (κ1) is 23.4. The molecule has 4 N–H and O–H groups in total. The molecule has 146 valence electrons. The largest absolute Gasteiger partial charge is 0.480 e. The monoisotopic (exact) mass is 368 g/mol. The van der Waals surface area contributed by atoms with E-state index >= 15 is 0 Å². The van der Waals surface area contributed by atoms with Gasteiger partial charge in [0.15, 0.2) is 6.10 Å². The number of benzene rings is 1. The quantitative estimate of drug-likeness (QED) is 0.620. The predicted octanol–water partition coefficient (Wildman–Crippen LogP) is 1.63. The zero-order valence-electron chi connectivity index (χ0n) is 15.9. The standard InChI is InChI=1S/C11H15NO2.C7H13NO4/c1-7-4-5-8(2)10(6-7)12-9(3)11(13)14;1-3-11-7(10)5(2)12-6(9)4-8/h4-6,9,12H,1-3H3,(H,13,14);5H,3-4,8H2,1-2H3/t9-;/m0./s1. The third-order valence-electron chi connectivity index (χ3n) is 3.23. The van der Waals surface area contributed by atoms with Crippen molar-refractivity contribution in [2.75, 3.05) is 18.5 Å². The summed E-state index contributed by atoms with van der Waals surface area (Å²) >= 11 is 0. The highest BCUT2D eigenvalue weighted by molar-refractivity contribution is 5.79. The van der Waals surface area contributed by atoms with E-state index in [-0.39, 0.29) is 13.2 Å². The maximum Gasteiger partial charge on any atom is 0.347 e. The number of anilines is 1. The lowest BCUT2D eigenvalue weighted by Crippen LogP contribution is -2.29. The van der Waals surface area contributed by atoms with E-state index < -0.39 is 30.1 Å². The lowest BCUT2D eigenvalue weighted by Gasteiger charge is -2.13. The molecule has 1 aromatic carbocycles. The van der Waals surface area contributed by atoms with E-state index in [2.05, 4.69) is 14.8 Å². The number of aryl methyl sites for hydroxylation is 2. The van der Waals surface area contributed by atoms with Gasteiger partial charge in [0.25, 0.3) is 0 Å². The van der Waals surface area contributed by atoms with Crippen molar-refractivity contribution in [3.05, 3.63) is 29.3 Å². The highest BCUT2D eigenvalue weighted by Gasteiger charge is 2.17. The second kappa shape index (κ2) is 11.9. The number of nitrogens with two attached hydrogens (primary N) is 1. The average molecular weight is 368 g/mol. The molecule has 0 aliphatic heterocycles. The number of carbonyl (C=O) groups excluding carboxylic acids is 2. The lowest BCUT2D eigenvalue weighted by molar-refractivity contribution is -0.165. The van der Waals surface area contributed by atoms with E-state index in [9.17, 15) is 14.4 Å². The summed E-state index contributed by atoms with van der Waals surface area (Å²) in [6.07, 6.45) is -0.874. The van der Waals surface area contributed by atoms with Crippen LogP contribution in [0.25, 0.3) is 0 Å². The van der Waals surface area contributed by atoms with Crippen molar-refractivity contribution < 1.29 is 29.0 Å². The summed E-state index contributed by atoms with van der Waals surface area (Å²) < 4.78 is 9.17. The molecule has 8 nitrogen and oxygen atoms in total. The van der Waals surface area contributed by atoms with Crippen molar-refractivity contribution in [3.63, 3.8) is 0 Å². The zero-order valence-corrected chi connectivity index (χ0v) is 15.9. The van der Waals surface area contributed by atoms with Crippen molar-refractivity contribution >= 4 is 23.6 Å². The number of carboxylic acids is 1. The number of rotatable bonds is 7. The Morgan fingerprint density at radius 2 is 1.85 bits per heavy atom. The van der Waals surface area contributed by atoms with Crippen LogP contribution in [0, 0.1) is 13.8 Å². The highest BCUT2D eigenvalue weighted by atomic mass is 16.6. The Balaban J connectivity index is 0.000000488. The summed E-state index contributed by atoms with van der Waals surface area (Å²) in [4.78, 5) is 32.1. The molecular formula is C18H28N2O6. The molecular weight excluding hydrogens is 340 g/mol. The molecule has 0 aromatic heterocycles. The maximum absolute atomic E-state index is 10.9. The first-order chi connectivity index (χ1) is 12.1. The minimum absolute atomic E-state index is 0.232. The molecule has 0 aliphatic rings. The van der Waals surface area contributed by atoms with Gasteiger partial charge >= 0.3 is 17.9 Å². The number of aliphatic carboxylic acids is 1. The normalized spacial score (nSPS) is 12.1. The first-order valence-electron chi connectivity index (χ1n) is 8.25. The molecule has 0 amide bonds. The number of nitrogens with one attached hydrogen (secondary N) is 1. The molecule has 0 radical (unpaired) electrons. The van der Waals surface area contributed by atoms with Gasteiger partial charge in [-0.2, -0.15) is 0 Å². The average Bonchev–Trinajstić information content (AvgIpc) is 2.58. The Morgan fingerprint density at radius 1 is 1.23 bits per heavy atom. The number of hydrogen-bond donors (Lipinski definition) is 3. The smallest absolute Gasteiger partial charge is 0.347 e. The van der Waals surface area contributed by atoms with Gasteiger partial charge < -0.3 is 25.6 Å². The van der Waals surface area contributed by atoms with Crippen LogP contribution in [0.3, 0.4) is 0 Å². The summed E-state index contributed by atoms with van der Waals surface area (Å²) in [5.74, 6) is -2.01. The number of carbonyl (C=O) groups is 3. The topological polar surface area (TPSA) is 128 Å². The maximum atomic E-state index is 10.9. The van der Waals surface area contributed by atoms with Gasteiger partial charge in [-0.25, -0.2) is 4.79 Å². The Bertz CT molecular complexity index is 618. The van der Waals surface area contributed by atoms with Crippen LogP contribution >= 0.6 is 0 Å². The van der Waals surface area contributed by atoms with Crippen molar-refractivity contribution in [1.29, 1.82) is 0 Å². The SMILES string of the molecule is CCOC(=O)C(C)OC(=O)CN.Cc1ccc(C)c(N[C@@H](C)C(=O)O)c1. The molecule has 1 rings (SSSR count). The molecule has 8 heteroatoms. The van der Waals surface area contributed by atoms with Crippen molar-refractivity contribution in [1.82, 2.24) is 0 Å². The second-order valence-electron chi connectivity index (χ2n) is 5.61. The van der Waals surface area contributed by atoms with Crippen LogP contribution in [-0.2, 0) is 23.9 Å². The van der Waals surface area contributed by atoms with Crippen LogP contribution in [0.5, 0.6) is 0 Å². The minimum Gasteiger partial charge on any atom is -0.480 e. The van der Waals surface area contributed by atoms with Crippen LogP contribution in [0.15, 0.2) is 18.2 Å². The van der Waals surface area contributed by atoms with E-state index in [0.29, 0.717) is 0 Å². The van der Waals surface area contributed by atoms with Crippen LogP contribution in [0.2, 0.25) is 0 Å². The van der Waals surface area contributed by atoms with E-state index in [1.54, 1.807) is 13.8 Å². The van der Waals surface area contributed by atoms with E-state index in [0.717, 1.165) is 16.8 Å². The summed E-state index contributed by atoms with van der Waals surface area (Å²) in [6, 6.07) is 5.38. The number of esters is 2. The molecule has 2 atom stereocenters. The number of ether oxygens (including phenoxy) is 2. The van der Waals surface area contributed by atoms with Crippen molar-refractivity contribution in [2.45, 2.75) is 46.8 Å². The number of hydrogen-bond acceptors (Lipinski definition) is 7. The van der Waals surface area contributed by atoms with Gasteiger partial charge in [0.05, 0.1) is 13.2 Å². The van der Waals surface area contributed by atoms with Gasteiger partial charge in [-0.1, -0.05) is 12.1 Å². The van der Waals surface area contributed by atoms with Gasteiger partial charge in [-0.15, -0.1) is 0 Å². The number of carboxylic acid groups (broad SMARTS) is 1. The highest BCUT2D eigenvalue weighted by Crippen LogP contribution is 2.17. The molecule has 0 fully saturated rings. The predicted molar refractivity (Wildman–Crippen MR) is 97.9 cm³/mol. The molecule has 0 aliphatic carbocycles. The first-order valence-corrected chi connectivity index (χ1v) is 8.25. The van der Waals surface area contributed by atoms with Crippen LogP contribution in [0.1, 0.15) is 31.9 Å². The molecule has 0 spiro atoms. The Hall–Kier alpha value is -2.61. The zero-order chi connectivity index (χ0) is 20.3. The molecule has 0 saturated heterocycles. The van der Waals surface area contributed by atoms with Crippen molar-refractivity contribution in [3.8, 4) is 0 Å². The van der Waals surface area contributed by atoms with Gasteiger partial charge in [-0.05, 0) is 51.8 Å². The Morgan fingerprint density at radius 3 is 2.35 bits per heavy atom. The molecule has 0 bridgehead atoms. The molecule has 0 heterocycles. The molecule has 0 saturated carbocycles. The third-order valence-corrected chi connectivity index (χ3v) is 3.23. The van der Waals surface area contributed by atoms with Gasteiger partial charge in [0.2, 0.25) is 0 Å². The fourth-order valence-electron chi connectivity index (χ4n) is 1.74. The van der Waals surface area contributed by atoms with Gasteiger partial charge in [0.1, 0.15) is 6.04 Å². The lowest BCUT2D eigenvalue weighted by atomic mass is 10.1. The van der Waals surface area contributed by atoms with Gasteiger partial charge in [0, 0.05) is 5.69 Å². The second-order valence-corrected chi connectivity index (χ2v) is 5.61. The summed E-state index contributed by atoms with van der Waals surface area (Å²) in [5, 5.41) is 11.7.